The van der Waals surface area contributed by atoms with Gasteiger partial charge in [-0.25, -0.2) is 8.78 Å². The van der Waals surface area contributed by atoms with E-state index in [2.05, 4.69) is 15.5 Å². The van der Waals surface area contributed by atoms with Crippen molar-refractivity contribution in [2.24, 2.45) is 0 Å². The van der Waals surface area contributed by atoms with Crippen LogP contribution in [0.5, 0.6) is 5.75 Å². The molecule has 4 nitrogen and oxygen atoms in total. The minimum absolute atomic E-state index is 0.120. The summed E-state index contributed by atoms with van der Waals surface area (Å²) < 4.78 is 32.4. The van der Waals surface area contributed by atoms with Crippen molar-refractivity contribution in [3.8, 4) is 17.0 Å². The smallest absolute Gasteiger partial charge is 0.165 e. The lowest BCUT2D eigenvalue weighted by Crippen LogP contribution is -2.06. The third kappa shape index (κ3) is 2.44. The first-order chi connectivity index (χ1) is 9.08. The Morgan fingerprint density at radius 2 is 2.05 bits per heavy atom. The molecule has 0 aliphatic carbocycles. The summed E-state index contributed by atoms with van der Waals surface area (Å²) in [6.07, 6.45) is 0. The highest BCUT2D eigenvalue weighted by atomic mass is 19.1. The maximum Gasteiger partial charge on any atom is 0.165 e. The molecule has 2 rings (SSSR count). The summed E-state index contributed by atoms with van der Waals surface area (Å²) in [6, 6.07) is 2.12. The summed E-state index contributed by atoms with van der Waals surface area (Å²) in [7, 11) is 3.09. The molecule has 0 aliphatic rings. The van der Waals surface area contributed by atoms with Crippen LogP contribution in [-0.2, 0) is 6.54 Å². The highest BCUT2D eigenvalue weighted by Crippen LogP contribution is 2.30. The van der Waals surface area contributed by atoms with Crippen LogP contribution in [0.15, 0.2) is 12.1 Å². The van der Waals surface area contributed by atoms with E-state index in [0.29, 0.717) is 12.2 Å². The first-order valence-corrected chi connectivity index (χ1v) is 5.80. The van der Waals surface area contributed by atoms with Crippen LogP contribution in [0.2, 0.25) is 0 Å². The van der Waals surface area contributed by atoms with Gasteiger partial charge in [0.05, 0.1) is 18.5 Å². The molecule has 0 amide bonds. The first kappa shape index (κ1) is 13.5. The van der Waals surface area contributed by atoms with E-state index in [1.807, 2.05) is 6.92 Å². The van der Waals surface area contributed by atoms with E-state index in [1.165, 1.54) is 7.11 Å². The van der Waals surface area contributed by atoms with Crippen molar-refractivity contribution in [1.29, 1.82) is 0 Å². The van der Waals surface area contributed by atoms with Crippen LogP contribution in [-0.4, -0.2) is 24.4 Å². The number of aromatic nitrogens is 2. The van der Waals surface area contributed by atoms with Crippen LogP contribution in [0.1, 0.15) is 11.3 Å². The molecule has 0 spiro atoms. The van der Waals surface area contributed by atoms with Crippen LogP contribution in [0.25, 0.3) is 11.3 Å². The molecule has 0 unspecified atom stereocenters. The van der Waals surface area contributed by atoms with Crippen LogP contribution < -0.4 is 10.1 Å². The van der Waals surface area contributed by atoms with Crippen molar-refractivity contribution in [2.75, 3.05) is 14.2 Å². The van der Waals surface area contributed by atoms with Gasteiger partial charge < -0.3 is 10.1 Å². The lowest BCUT2D eigenvalue weighted by Gasteiger charge is -2.06. The van der Waals surface area contributed by atoms with E-state index in [1.54, 1.807) is 7.05 Å². The molecule has 0 radical (unpaired) electrons. The maximum absolute atomic E-state index is 14.0. The number of hydrogen-bond donors (Lipinski definition) is 2. The standard InChI is InChI=1S/C13H15F2N3O/c1-7-11(6-16-2)17-18-13(7)8-4-10(15)12(19-3)5-9(8)14/h4-5,16H,6H2,1-3H3,(H,17,18). The van der Waals surface area contributed by atoms with Gasteiger partial charge in [0.25, 0.3) is 0 Å². The molecule has 102 valence electrons. The Balaban J connectivity index is 2.50. The highest BCUT2D eigenvalue weighted by Gasteiger charge is 2.17. The molecule has 1 aromatic carbocycles. The first-order valence-electron chi connectivity index (χ1n) is 5.80. The number of nitrogens with zero attached hydrogens (tertiary/aromatic N) is 1. The number of ether oxygens (including phenoxy) is 1. The van der Waals surface area contributed by atoms with Crippen molar-refractivity contribution >= 4 is 0 Å². The van der Waals surface area contributed by atoms with Gasteiger partial charge in [0, 0.05) is 18.2 Å². The van der Waals surface area contributed by atoms with Gasteiger partial charge in [-0.2, -0.15) is 5.10 Å². The van der Waals surface area contributed by atoms with E-state index in [-0.39, 0.29) is 11.3 Å². The Bertz CT molecular complexity index is 596. The fourth-order valence-corrected chi connectivity index (χ4v) is 1.91. The lowest BCUT2D eigenvalue weighted by atomic mass is 10.1. The number of benzene rings is 1. The molecule has 0 saturated heterocycles. The number of aromatic amines is 1. The predicted molar refractivity (Wildman–Crippen MR) is 68.0 cm³/mol. The van der Waals surface area contributed by atoms with Gasteiger partial charge in [-0.05, 0) is 25.6 Å². The molecule has 0 fully saturated rings. The van der Waals surface area contributed by atoms with E-state index in [9.17, 15) is 8.78 Å². The van der Waals surface area contributed by atoms with E-state index in [4.69, 9.17) is 4.74 Å². The monoisotopic (exact) mass is 267 g/mol. The maximum atomic E-state index is 14.0. The molecule has 0 bridgehead atoms. The molecule has 1 aromatic heterocycles. The Morgan fingerprint density at radius 3 is 2.68 bits per heavy atom. The predicted octanol–water partition coefficient (Wildman–Crippen LogP) is 2.39. The second kappa shape index (κ2) is 5.36. The van der Waals surface area contributed by atoms with Gasteiger partial charge in [-0.15, -0.1) is 0 Å². The minimum Gasteiger partial charge on any atom is -0.494 e. The quantitative estimate of drug-likeness (QED) is 0.894. The molecule has 2 aromatic rings. The van der Waals surface area contributed by atoms with Crippen LogP contribution in [0.3, 0.4) is 0 Å². The van der Waals surface area contributed by atoms with Crippen molar-refractivity contribution in [3.63, 3.8) is 0 Å². The third-order valence-electron chi connectivity index (χ3n) is 2.96. The fourth-order valence-electron chi connectivity index (χ4n) is 1.91. The fraction of sp³-hybridized carbons (Fsp3) is 0.308. The zero-order valence-corrected chi connectivity index (χ0v) is 11.0. The summed E-state index contributed by atoms with van der Waals surface area (Å²) in [5.74, 6) is -1.30. The average molecular weight is 267 g/mol. The summed E-state index contributed by atoms with van der Waals surface area (Å²) >= 11 is 0. The van der Waals surface area contributed by atoms with Gasteiger partial charge >= 0.3 is 0 Å². The van der Waals surface area contributed by atoms with E-state index in [0.717, 1.165) is 23.4 Å². The van der Waals surface area contributed by atoms with Crippen LogP contribution >= 0.6 is 0 Å². The molecule has 6 heteroatoms. The summed E-state index contributed by atoms with van der Waals surface area (Å²) in [5.41, 5.74) is 2.16. The molecule has 0 saturated carbocycles. The average Bonchev–Trinajstić information content (AvgIpc) is 2.74. The van der Waals surface area contributed by atoms with Crippen molar-refractivity contribution < 1.29 is 13.5 Å². The second-order valence-corrected chi connectivity index (χ2v) is 4.17. The normalized spacial score (nSPS) is 10.8. The number of H-pyrrole nitrogens is 1. The van der Waals surface area contributed by atoms with Gasteiger partial charge in [0.15, 0.2) is 11.6 Å². The number of methoxy groups -OCH3 is 1. The van der Waals surface area contributed by atoms with Crippen LogP contribution in [0.4, 0.5) is 8.78 Å². The Labute approximate surface area is 109 Å². The molecule has 0 atom stereocenters. The topological polar surface area (TPSA) is 49.9 Å². The zero-order chi connectivity index (χ0) is 14.0. The molecule has 2 N–H and O–H groups in total. The number of rotatable bonds is 4. The van der Waals surface area contributed by atoms with Crippen LogP contribution in [0, 0.1) is 18.6 Å². The second-order valence-electron chi connectivity index (χ2n) is 4.17. The van der Waals surface area contributed by atoms with Gasteiger partial charge in [-0.3, -0.25) is 5.10 Å². The Kier molecular flexibility index (Phi) is 3.80. The molecular weight excluding hydrogens is 252 g/mol. The largest absolute Gasteiger partial charge is 0.494 e. The number of hydrogen-bond acceptors (Lipinski definition) is 3. The van der Waals surface area contributed by atoms with Crippen molar-refractivity contribution in [3.05, 3.63) is 35.0 Å². The van der Waals surface area contributed by atoms with Crippen molar-refractivity contribution in [1.82, 2.24) is 15.5 Å². The minimum atomic E-state index is -0.614. The van der Waals surface area contributed by atoms with Gasteiger partial charge in [-0.1, -0.05) is 0 Å². The Hall–Kier alpha value is -1.95. The molecule has 0 aliphatic heterocycles. The lowest BCUT2D eigenvalue weighted by molar-refractivity contribution is 0.383. The van der Waals surface area contributed by atoms with Crippen molar-refractivity contribution in [2.45, 2.75) is 13.5 Å². The number of halogens is 2. The van der Waals surface area contributed by atoms with Gasteiger partial charge in [0.1, 0.15) is 5.82 Å². The van der Waals surface area contributed by atoms with E-state index >= 15 is 0 Å². The third-order valence-corrected chi connectivity index (χ3v) is 2.96. The highest BCUT2D eigenvalue weighted by molar-refractivity contribution is 5.65. The zero-order valence-electron chi connectivity index (χ0n) is 11.0. The van der Waals surface area contributed by atoms with Gasteiger partial charge in [0.2, 0.25) is 0 Å². The SMILES string of the molecule is CNCc1[nH]nc(-c2cc(F)c(OC)cc2F)c1C. The molecular formula is C13H15F2N3O. The number of nitrogens with one attached hydrogen (secondary N) is 2. The molecule has 1 heterocycles. The Morgan fingerprint density at radius 1 is 1.32 bits per heavy atom. The summed E-state index contributed by atoms with van der Waals surface area (Å²) in [4.78, 5) is 0. The van der Waals surface area contributed by atoms with E-state index < -0.39 is 11.6 Å². The summed E-state index contributed by atoms with van der Waals surface area (Å²) in [5, 5.41) is 9.84. The molecule has 19 heavy (non-hydrogen) atoms. The summed E-state index contributed by atoms with van der Waals surface area (Å²) in [6.45, 7) is 2.40.